The van der Waals surface area contributed by atoms with Gasteiger partial charge in [-0.1, -0.05) is 18.2 Å². The topological polar surface area (TPSA) is 114 Å². The van der Waals surface area contributed by atoms with Crippen LogP contribution in [0.5, 0.6) is 11.5 Å². The van der Waals surface area contributed by atoms with E-state index in [1.165, 1.54) is 30.4 Å². The largest absolute Gasteiger partial charge is 0.493 e. The van der Waals surface area contributed by atoms with Gasteiger partial charge in [0.2, 0.25) is 0 Å². The van der Waals surface area contributed by atoms with Crippen LogP contribution < -0.4 is 20.9 Å². The Labute approximate surface area is 222 Å². The first-order valence-corrected chi connectivity index (χ1v) is 11.8. The minimum absolute atomic E-state index is 0.00438. The van der Waals surface area contributed by atoms with E-state index in [0.717, 1.165) is 17.7 Å². The van der Waals surface area contributed by atoms with Gasteiger partial charge in [-0.05, 0) is 60.0 Å². The lowest BCUT2D eigenvalue weighted by molar-refractivity contribution is -0.138. The van der Waals surface area contributed by atoms with Crippen LogP contribution in [0.25, 0.3) is 6.08 Å². The van der Waals surface area contributed by atoms with E-state index in [0.29, 0.717) is 23.4 Å². The fourth-order valence-electron chi connectivity index (χ4n) is 3.34. The molecule has 3 rings (SSSR count). The molecule has 0 aliphatic carbocycles. The number of anilines is 2. The zero-order valence-electron chi connectivity index (χ0n) is 20.7. The molecule has 39 heavy (non-hydrogen) atoms. The second-order valence-electron chi connectivity index (χ2n) is 8.38. The molecule has 0 radical (unpaired) electrons. The van der Waals surface area contributed by atoms with E-state index >= 15 is 0 Å². The van der Waals surface area contributed by atoms with Crippen LogP contribution >= 0.6 is 0 Å². The number of nitrogen functional groups attached to an aromatic ring is 2. The number of halogens is 4. The first-order chi connectivity index (χ1) is 18.5. The Morgan fingerprint density at radius 1 is 0.897 bits per heavy atom. The maximum Gasteiger partial charge on any atom is 0.389 e. The Kier molecular flexibility index (Phi) is 9.91. The summed E-state index contributed by atoms with van der Waals surface area (Å²) in [4.78, 5) is 24.3. The number of hydrogen-bond acceptors (Lipinski definition) is 7. The van der Waals surface area contributed by atoms with E-state index in [1.807, 2.05) is 0 Å². The SMILES string of the molecule is Nc1ccc(CCOC(=O)C=Cc2ccc(OC(=O)c3ccc(OCCCC(F)(F)F)cc3F)cc2)c(N)c1. The quantitative estimate of drug-likeness (QED) is 0.0789. The molecular weight excluding hydrogens is 520 g/mol. The lowest BCUT2D eigenvalue weighted by Crippen LogP contribution is -2.11. The van der Waals surface area contributed by atoms with Crippen molar-refractivity contribution in [2.24, 2.45) is 0 Å². The highest BCUT2D eigenvalue weighted by Gasteiger charge is 2.26. The summed E-state index contributed by atoms with van der Waals surface area (Å²) in [7, 11) is 0. The lowest BCUT2D eigenvalue weighted by Gasteiger charge is -2.10. The zero-order chi connectivity index (χ0) is 28.4. The average Bonchev–Trinajstić information content (AvgIpc) is 2.87. The van der Waals surface area contributed by atoms with E-state index in [2.05, 4.69) is 0 Å². The van der Waals surface area contributed by atoms with E-state index in [1.54, 1.807) is 30.3 Å². The summed E-state index contributed by atoms with van der Waals surface area (Å²) in [5, 5.41) is 0. The van der Waals surface area contributed by atoms with Crippen LogP contribution in [0.15, 0.2) is 66.7 Å². The molecule has 7 nitrogen and oxygen atoms in total. The Bertz CT molecular complexity index is 1320. The summed E-state index contributed by atoms with van der Waals surface area (Å²) in [6, 6.07) is 14.5. The van der Waals surface area contributed by atoms with Gasteiger partial charge in [-0.3, -0.25) is 0 Å². The van der Waals surface area contributed by atoms with Crippen LogP contribution in [0.1, 0.15) is 34.3 Å². The molecule has 206 valence electrons. The number of nitrogens with two attached hydrogens (primary N) is 2. The molecule has 0 saturated carbocycles. The van der Waals surface area contributed by atoms with Gasteiger partial charge in [-0.15, -0.1) is 0 Å². The van der Waals surface area contributed by atoms with Gasteiger partial charge in [-0.25, -0.2) is 14.0 Å². The smallest absolute Gasteiger partial charge is 0.389 e. The molecule has 4 N–H and O–H groups in total. The van der Waals surface area contributed by atoms with Crippen LogP contribution in [0.3, 0.4) is 0 Å². The Morgan fingerprint density at radius 3 is 2.28 bits per heavy atom. The van der Waals surface area contributed by atoms with E-state index < -0.39 is 30.4 Å². The second-order valence-corrected chi connectivity index (χ2v) is 8.38. The van der Waals surface area contributed by atoms with Crippen molar-refractivity contribution in [1.29, 1.82) is 0 Å². The standard InChI is InChI=1S/C28H26F4N2O5/c29-24-17-22(37-14-1-13-28(30,31)32)9-10-23(24)27(36)39-21-7-2-18(3-8-21)4-11-26(35)38-15-12-19-5-6-20(33)16-25(19)34/h2-11,16-17H,1,12-15,33-34H2. The Balaban J connectivity index is 1.46. The first kappa shape index (κ1) is 29.0. The van der Waals surface area contributed by atoms with Crippen molar-refractivity contribution >= 4 is 29.4 Å². The fraction of sp³-hybridized carbons (Fsp3) is 0.214. The Hall–Kier alpha value is -4.54. The predicted molar refractivity (Wildman–Crippen MR) is 138 cm³/mol. The van der Waals surface area contributed by atoms with Gasteiger partial charge in [0.05, 0.1) is 18.8 Å². The van der Waals surface area contributed by atoms with Crippen molar-refractivity contribution in [3.05, 3.63) is 89.2 Å². The molecule has 11 heteroatoms. The molecule has 0 atom stereocenters. The van der Waals surface area contributed by atoms with Crippen LogP contribution in [0, 0.1) is 5.82 Å². The third-order valence-corrected chi connectivity index (χ3v) is 5.32. The number of rotatable bonds is 11. The van der Waals surface area contributed by atoms with E-state index in [4.69, 9.17) is 25.7 Å². The number of esters is 2. The van der Waals surface area contributed by atoms with Gasteiger partial charge in [0.15, 0.2) is 0 Å². The van der Waals surface area contributed by atoms with Gasteiger partial charge in [0, 0.05) is 36.4 Å². The number of ether oxygens (including phenoxy) is 3. The monoisotopic (exact) mass is 546 g/mol. The first-order valence-electron chi connectivity index (χ1n) is 11.8. The normalized spacial score (nSPS) is 11.4. The molecule has 0 aliphatic heterocycles. The van der Waals surface area contributed by atoms with Crippen molar-refractivity contribution < 1.29 is 41.4 Å². The molecule has 0 bridgehead atoms. The van der Waals surface area contributed by atoms with Crippen molar-refractivity contribution in [2.45, 2.75) is 25.4 Å². The summed E-state index contributed by atoms with van der Waals surface area (Å²) in [5.74, 6) is -2.33. The minimum Gasteiger partial charge on any atom is -0.493 e. The summed E-state index contributed by atoms with van der Waals surface area (Å²) in [6.07, 6.45) is -2.39. The molecule has 0 saturated heterocycles. The van der Waals surface area contributed by atoms with Gasteiger partial charge in [0.1, 0.15) is 17.3 Å². The fourth-order valence-corrected chi connectivity index (χ4v) is 3.34. The molecule has 0 aromatic heterocycles. The van der Waals surface area contributed by atoms with Crippen LogP contribution in [0.2, 0.25) is 0 Å². The summed E-state index contributed by atoms with van der Waals surface area (Å²) in [6.45, 7) is -0.117. The second kappa shape index (κ2) is 13.3. The Morgan fingerprint density at radius 2 is 1.62 bits per heavy atom. The molecule has 0 amide bonds. The maximum absolute atomic E-state index is 14.3. The van der Waals surface area contributed by atoms with Gasteiger partial charge in [-0.2, -0.15) is 13.2 Å². The van der Waals surface area contributed by atoms with Crippen LogP contribution in [-0.4, -0.2) is 31.3 Å². The van der Waals surface area contributed by atoms with Crippen molar-refractivity contribution in [1.82, 2.24) is 0 Å². The number of carbonyl (C=O) groups excluding carboxylic acids is 2. The summed E-state index contributed by atoms with van der Waals surface area (Å²) in [5.41, 5.74) is 13.7. The van der Waals surface area contributed by atoms with Gasteiger partial charge < -0.3 is 25.7 Å². The molecule has 3 aromatic carbocycles. The molecule has 0 unspecified atom stereocenters. The zero-order valence-corrected chi connectivity index (χ0v) is 20.7. The number of hydrogen-bond donors (Lipinski definition) is 2. The third kappa shape index (κ3) is 9.69. The molecule has 0 heterocycles. The number of benzene rings is 3. The van der Waals surface area contributed by atoms with E-state index in [-0.39, 0.29) is 36.7 Å². The summed E-state index contributed by atoms with van der Waals surface area (Å²) < 4.78 is 66.3. The molecule has 3 aromatic rings. The van der Waals surface area contributed by atoms with E-state index in [9.17, 15) is 27.2 Å². The molecule has 0 aliphatic rings. The molecule has 0 fully saturated rings. The molecule has 0 spiro atoms. The molecular formula is C28H26F4N2O5. The number of alkyl halides is 3. The van der Waals surface area contributed by atoms with Crippen molar-refractivity contribution in [2.75, 3.05) is 24.7 Å². The van der Waals surface area contributed by atoms with Crippen LogP contribution in [-0.2, 0) is 16.0 Å². The van der Waals surface area contributed by atoms with Gasteiger partial charge >= 0.3 is 18.1 Å². The predicted octanol–water partition coefficient (Wildman–Crippen LogP) is 5.73. The highest BCUT2D eigenvalue weighted by atomic mass is 19.4. The number of carbonyl (C=O) groups is 2. The maximum atomic E-state index is 14.3. The van der Waals surface area contributed by atoms with Crippen molar-refractivity contribution in [3.63, 3.8) is 0 Å². The minimum atomic E-state index is -4.29. The summed E-state index contributed by atoms with van der Waals surface area (Å²) >= 11 is 0. The van der Waals surface area contributed by atoms with Crippen molar-refractivity contribution in [3.8, 4) is 11.5 Å². The third-order valence-electron chi connectivity index (χ3n) is 5.32. The van der Waals surface area contributed by atoms with Gasteiger partial charge in [0.25, 0.3) is 0 Å². The average molecular weight is 547 g/mol. The lowest BCUT2D eigenvalue weighted by atomic mass is 10.1. The van der Waals surface area contributed by atoms with Crippen LogP contribution in [0.4, 0.5) is 28.9 Å². The highest BCUT2D eigenvalue weighted by Crippen LogP contribution is 2.23. The highest BCUT2D eigenvalue weighted by molar-refractivity contribution is 5.91.